The van der Waals surface area contributed by atoms with Crippen molar-refractivity contribution in [3.05, 3.63) is 0 Å². The lowest BCUT2D eigenvalue weighted by Crippen LogP contribution is -2.21. The summed E-state index contributed by atoms with van der Waals surface area (Å²) < 4.78 is 31.7. The van der Waals surface area contributed by atoms with Crippen LogP contribution in [-0.2, 0) is 14.4 Å². The number of carbonyl (C=O) groups excluding carboxylic acids is 1. The Morgan fingerprint density at radius 1 is 1.20 bits per heavy atom. The molecule has 8 heteroatoms. The van der Waals surface area contributed by atoms with E-state index in [1.54, 1.807) is 0 Å². The average molecular weight is 230 g/mol. The molecule has 15 heavy (non-hydrogen) atoms. The molecule has 0 aliphatic carbocycles. The topological polar surface area (TPSA) is 91.7 Å². The predicted octanol–water partition coefficient (Wildman–Crippen LogP) is 1.07. The van der Waals surface area contributed by atoms with Crippen LogP contribution in [0.4, 0.5) is 13.2 Å². The van der Waals surface area contributed by atoms with Crippen molar-refractivity contribution < 1.29 is 37.8 Å². The van der Waals surface area contributed by atoms with Gasteiger partial charge in [-0.15, -0.1) is 0 Å². The molecule has 0 heterocycles. The highest BCUT2D eigenvalue weighted by Crippen LogP contribution is 2.13. The zero-order chi connectivity index (χ0) is 12.5. The van der Waals surface area contributed by atoms with Gasteiger partial charge in [-0.25, -0.2) is 4.79 Å². The van der Waals surface area contributed by atoms with E-state index in [9.17, 15) is 22.8 Å². The zero-order valence-electron chi connectivity index (χ0n) is 7.45. The molecule has 0 spiro atoms. The summed E-state index contributed by atoms with van der Waals surface area (Å²) >= 11 is 0. The van der Waals surface area contributed by atoms with Gasteiger partial charge in [0.15, 0.2) is 0 Å². The van der Waals surface area contributed by atoms with Gasteiger partial charge in [0.1, 0.15) is 6.29 Å². The molecule has 0 fully saturated rings. The lowest BCUT2D eigenvalue weighted by Gasteiger charge is -1.93. The number of halogens is 3. The van der Waals surface area contributed by atoms with E-state index in [2.05, 4.69) is 0 Å². The van der Waals surface area contributed by atoms with Gasteiger partial charge in [0.25, 0.3) is 0 Å². The number of aliphatic carboxylic acids is 2. The van der Waals surface area contributed by atoms with E-state index in [1.807, 2.05) is 0 Å². The monoisotopic (exact) mass is 230 g/mol. The van der Waals surface area contributed by atoms with Crippen molar-refractivity contribution in [2.24, 2.45) is 0 Å². The van der Waals surface area contributed by atoms with Gasteiger partial charge in [0, 0.05) is 12.8 Å². The van der Waals surface area contributed by atoms with Crippen molar-refractivity contribution in [2.45, 2.75) is 25.4 Å². The number of carboxylic acid groups (broad SMARTS) is 2. The SMILES string of the molecule is O=C(O)C(F)(F)F.O=CCCCC(=O)O. The third kappa shape index (κ3) is 15.2. The van der Waals surface area contributed by atoms with Crippen molar-refractivity contribution in [1.82, 2.24) is 0 Å². The molecular formula is C7H9F3O5. The summed E-state index contributed by atoms with van der Waals surface area (Å²) in [5.74, 6) is -3.60. The summed E-state index contributed by atoms with van der Waals surface area (Å²) in [5.41, 5.74) is 0. The maximum Gasteiger partial charge on any atom is 0.490 e. The van der Waals surface area contributed by atoms with E-state index in [4.69, 9.17) is 15.0 Å². The standard InChI is InChI=1S/C5H8O3.C2HF3O2/c6-4-2-1-3-5(7)8;3-2(4,5)1(6)7/h4H,1-3H2,(H,7,8);(H,6,7). The minimum absolute atomic E-state index is 0.0960. The quantitative estimate of drug-likeness (QED) is 0.556. The lowest BCUT2D eigenvalue weighted by atomic mass is 10.2. The van der Waals surface area contributed by atoms with Crippen molar-refractivity contribution >= 4 is 18.2 Å². The molecule has 0 aromatic heterocycles. The number of rotatable bonds is 4. The fourth-order valence-corrected chi connectivity index (χ4v) is 0.337. The molecule has 0 saturated carbocycles. The second kappa shape index (κ2) is 7.77. The van der Waals surface area contributed by atoms with Gasteiger partial charge in [-0.1, -0.05) is 0 Å². The number of carboxylic acids is 2. The number of aldehydes is 1. The van der Waals surface area contributed by atoms with Crippen molar-refractivity contribution in [1.29, 1.82) is 0 Å². The van der Waals surface area contributed by atoms with Crippen LogP contribution in [0.2, 0.25) is 0 Å². The molecular weight excluding hydrogens is 221 g/mol. The highest BCUT2D eigenvalue weighted by atomic mass is 19.4. The number of alkyl halides is 3. The van der Waals surface area contributed by atoms with Crippen LogP contribution in [0.15, 0.2) is 0 Å². The average Bonchev–Trinajstić information content (AvgIpc) is 2.03. The van der Waals surface area contributed by atoms with Crippen molar-refractivity contribution in [3.63, 3.8) is 0 Å². The Balaban J connectivity index is 0. The van der Waals surface area contributed by atoms with E-state index >= 15 is 0 Å². The van der Waals surface area contributed by atoms with Crippen molar-refractivity contribution in [3.8, 4) is 0 Å². The lowest BCUT2D eigenvalue weighted by molar-refractivity contribution is -0.192. The first-order valence-electron chi connectivity index (χ1n) is 3.67. The highest BCUT2D eigenvalue weighted by molar-refractivity contribution is 5.73. The summed E-state index contributed by atoms with van der Waals surface area (Å²) in [7, 11) is 0. The van der Waals surface area contributed by atoms with Crippen LogP contribution in [-0.4, -0.2) is 34.6 Å². The minimum atomic E-state index is -5.08. The number of unbranched alkanes of at least 4 members (excludes halogenated alkanes) is 1. The van der Waals surface area contributed by atoms with E-state index in [1.165, 1.54) is 0 Å². The summed E-state index contributed by atoms with van der Waals surface area (Å²) in [4.78, 5) is 28.2. The molecule has 2 N–H and O–H groups in total. The first-order chi connectivity index (χ1) is 6.71. The Hall–Kier alpha value is -1.60. The van der Waals surface area contributed by atoms with Gasteiger partial charge in [-0.05, 0) is 6.42 Å². The first-order valence-corrected chi connectivity index (χ1v) is 3.67. The fraction of sp³-hybridized carbons (Fsp3) is 0.571. The number of hydrogen-bond donors (Lipinski definition) is 2. The van der Waals surface area contributed by atoms with Gasteiger partial charge in [-0.3, -0.25) is 4.79 Å². The molecule has 0 bridgehead atoms. The molecule has 0 unspecified atom stereocenters. The van der Waals surface area contributed by atoms with Crippen LogP contribution < -0.4 is 0 Å². The van der Waals surface area contributed by atoms with Gasteiger partial charge < -0.3 is 15.0 Å². The van der Waals surface area contributed by atoms with Crippen molar-refractivity contribution in [2.75, 3.05) is 0 Å². The molecule has 0 amide bonds. The molecule has 0 radical (unpaired) electrons. The molecule has 0 saturated heterocycles. The van der Waals surface area contributed by atoms with Crippen LogP contribution >= 0.6 is 0 Å². The van der Waals surface area contributed by atoms with E-state index in [0.717, 1.165) is 6.29 Å². The smallest absolute Gasteiger partial charge is 0.481 e. The maximum absolute atomic E-state index is 10.6. The Morgan fingerprint density at radius 2 is 1.60 bits per heavy atom. The zero-order valence-corrected chi connectivity index (χ0v) is 7.45. The molecule has 0 atom stereocenters. The molecule has 0 aliphatic rings. The largest absolute Gasteiger partial charge is 0.490 e. The van der Waals surface area contributed by atoms with E-state index < -0.39 is 18.1 Å². The van der Waals surface area contributed by atoms with Crippen LogP contribution in [0.3, 0.4) is 0 Å². The highest BCUT2D eigenvalue weighted by Gasteiger charge is 2.38. The maximum atomic E-state index is 10.6. The second-order valence-electron chi connectivity index (χ2n) is 2.26. The molecule has 0 aromatic carbocycles. The Labute approximate surface area is 82.5 Å². The van der Waals surface area contributed by atoms with Gasteiger partial charge in [0.2, 0.25) is 0 Å². The van der Waals surface area contributed by atoms with Gasteiger partial charge >= 0.3 is 18.1 Å². The molecule has 88 valence electrons. The van der Waals surface area contributed by atoms with Crippen LogP contribution in [0.1, 0.15) is 19.3 Å². The Bertz CT molecular complexity index is 223. The first kappa shape index (κ1) is 15.9. The molecule has 5 nitrogen and oxygen atoms in total. The third-order valence-electron chi connectivity index (χ3n) is 0.955. The van der Waals surface area contributed by atoms with Crippen LogP contribution in [0, 0.1) is 0 Å². The van der Waals surface area contributed by atoms with Crippen LogP contribution in [0.25, 0.3) is 0 Å². The normalized spacial score (nSPS) is 9.80. The number of carbonyl (C=O) groups is 3. The molecule has 0 rings (SSSR count). The number of hydrogen-bond acceptors (Lipinski definition) is 3. The summed E-state index contributed by atoms with van der Waals surface area (Å²) in [6, 6.07) is 0. The molecule has 0 aromatic rings. The molecule has 0 aliphatic heterocycles. The Kier molecular flexibility index (Phi) is 8.21. The fourth-order valence-electron chi connectivity index (χ4n) is 0.337. The second-order valence-corrected chi connectivity index (χ2v) is 2.26. The summed E-state index contributed by atoms with van der Waals surface area (Å²) in [5, 5.41) is 15.1. The summed E-state index contributed by atoms with van der Waals surface area (Å²) in [6.07, 6.45) is -3.45. The van der Waals surface area contributed by atoms with E-state index in [-0.39, 0.29) is 6.42 Å². The van der Waals surface area contributed by atoms with E-state index in [0.29, 0.717) is 12.8 Å². The minimum Gasteiger partial charge on any atom is -0.481 e. The van der Waals surface area contributed by atoms with Gasteiger partial charge in [-0.2, -0.15) is 13.2 Å². The van der Waals surface area contributed by atoms with Crippen LogP contribution in [0.5, 0.6) is 0 Å². The Morgan fingerprint density at radius 3 is 1.80 bits per heavy atom. The summed E-state index contributed by atoms with van der Waals surface area (Å²) in [6.45, 7) is 0. The predicted molar refractivity (Wildman–Crippen MR) is 41.2 cm³/mol. The van der Waals surface area contributed by atoms with Gasteiger partial charge in [0.05, 0.1) is 0 Å². The third-order valence-corrected chi connectivity index (χ3v) is 0.955.